The summed E-state index contributed by atoms with van der Waals surface area (Å²) in [7, 11) is 1.53. The zero-order valence-corrected chi connectivity index (χ0v) is 12.6. The largest absolute Gasteiger partial charge is 0.397 e. The van der Waals surface area contributed by atoms with Crippen molar-refractivity contribution in [3.63, 3.8) is 0 Å². The zero-order valence-electron chi connectivity index (χ0n) is 11.8. The summed E-state index contributed by atoms with van der Waals surface area (Å²) in [6, 6.07) is 3.74. The van der Waals surface area contributed by atoms with Crippen LogP contribution in [0.1, 0.15) is 32.5 Å². The highest BCUT2D eigenvalue weighted by molar-refractivity contribution is 7.19. The quantitative estimate of drug-likeness (QED) is 0.733. The van der Waals surface area contributed by atoms with E-state index in [0.717, 1.165) is 5.56 Å². The fraction of sp³-hybridized carbons (Fsp3) is 0.214. The Bertz CT molecular complexity index is 667. The summed E-state index contributed by atoms with van der Waals surface area (Å²) >= 11 is 1.20. The molecule has 0 saturated heterocycles. The van der Waals surface area contributed by atoms with Crippen molar-refractivity contribution < 1.29 is 9.59 Å². The zero-order chi connectivity index (χ0) is 15.4. The van der Waals surface area contributed by atoms with Crippen LogP contribution >= 0.6 is 11.3 Å². The van der Waals surface area contributed by atoms with Crippen LogP contribution < -0.4 is 16.4 Å². The molecular weight excluding hydrogens is 288 g/mol. The van der Waals surface area contributed by atoms with E-state index in [1.54, 1.807) is 12.4 Å². The molecule has 0 aliphatic heterocycles. The van der Waals surface area contributed by atoms with E-state index >= 15 is 0 Å². The van der Waals surface area contributed by atoms with Gasteiger partial charge in [-0.1, -0.05) is 0 Å². The van der Waals surface area contributed by atoms with E-state index in [1.807, 2.05) is 12.1 Å². The first-order valence-electron chi connectivity index (χ1n) is 6.32. The van der Waals surface area contributed by atoms with E-state index in [1.165, 1.54) is 25.3 Å². The van der Waals surface area contributed by atoms with Crippen LogP contribution in [0.25, 0.3) is 0 Å². The first-order chi connectivity index (χ1) is 10.0. The summed E-state index contributed by atoms with van der Waals surface area (Å²) in [6.07, 6.45) is 3.39. The minimum absolute atomic E-state index is 0.153. The minimum Gasteiger partial charge on any atom is -0.397 e. The Balaban J connectivity index is 2.31. The van der Waals surface area contributed by atoms with Crippen molar-refractivity contribution in [3.05, 3.63) is 40.5 Å². The van der Waals surface area contributed by atoms with Crippen molar-refractivity contribution in [2.45, 2.75) is 13.5 Å². The van der Waals surface area contributed by atoms with E-state index < -0.39 is 0 Å². The van der Waals surface area contributed by atoms with Gasteiger partial charge in [0.05, 0.1) is 16.1 Å². The summed E-state index contributed by atoms with van der Waals surface area (Å²) in [5, 5.41) is 6.29. The van der Waals surface area contributed by atoms with Gasteiger partial charge in [-0.15, -0.1) is 11.3 Å². The predicted molar refractivity (Wildman–Crippen MR) is 83.7 cm³/mol. The van der Waals surface area contributed by atoms with Crippen molar-refractivity contribution in [3.8, 4) is 0 Å². The molecule has 0 fully saturated rings. The molecule has 2 rings (SSSR count). The van der Waals surface area contributed by atoms with Gasteiger partial charge in [0.25, 0.3) is 5.91 Å². The lowest BCUT2D eigenvalue weighted by Gasteiger charge is -2.07. The SMILES string of the molecule is CNC(=O)c1c(NCc2ccncc2)sc(C(C)=O)c1N. The number of thiophene rings is 1. The number of amides is 1. The third-order valence-corrected chi connectivity index (χ3v) is 4.19. The number of nitrogen functional groups attached to an aromatic ring is 1. The maximum Gasteiger partial charge on any atom is 0.256 e. The number of anilines is 2. The number of hydrogen-bond acceptors (Lipinski definition) is 6. The third kappa shape index (κ3) is 3.19. The molecule has 1 amide bonds. The van der Waals surface area contributed by atoms with Gasteiger partial charge in [0.15, 0.2) is 5.78 Å². The van der Waals surface area contributed by atoms with Gasteiger partial charge in [-0.2, -0.15) is 0 Å². The van der Waals surface area contributed by atoms with Gasteiger partial charge in [-0.05, 0) is 17.7 Å². The number of rotatable bonds is 5. The second-order valence-electron chi connectivity index (χ2n) is 4.39. The number of pyridine rings is 1. The van der Waals surface area contributed by atoms with Gasteiger partial charge in [0.1, 0.15) is 5.00 Å². The lowest BCUT2D eigenvalue weighted by Crippen LogP contribution is -2.20. The minimum atomic E-state index is -0.312. The van der Waals surface area contributed by atoms with Crippen molar-refractivity contribution in [1.29, 1.82) is 0 Å². The number of carbonyl (C=O) groups is 2. The van der Waals surface area contributed by atoms with E-state index in [2.05, 4.69) is 15.6 Å². The average Bonchev–Trinajstić information content (AvgIpc) is 2.82. The molecular formula is C14H16N4O2S. The highest BCUT2D eigenvalue weighted by Crippen LogP contribution is 2.36. The van der Waals surface area contributed by atoms with Crippen LogP contribution in [0.3, 0.4) is 0 Å². The smallest absolute Gasteiger partial charge is 0.256 e. The molecule has 0 aliphatic carbocycles. The monoisotopic (exact) mass is 304 g/mol. The van der Waals surface area contributed by atoms with E-state index in [9.17, 15) is 9.59 Å². The highest BCUT2D eigenvalue weighted by atomic mass is 32.1. The van der Waals surface area contributed by atoms with Gasteiger partial charge in [-0.3, -0.25) is 14.6 Å². The number of nitrogens with two attached hydrogens (primary N) is 1. The molecule has 110 valence electrons. The van der Waals surface area contributed by atoms with Crippen LogP contribution in [0.2, 0.25) is 0 Å². The van der Waals surface area contributed by atoms with Crippen molar-refractivity contribution >= 4 is 33.7 Å². The van der Waals surface area contributed by atoms with Gasteiger partial charge >= 0.3 is 0 Å². The molecule has 0 aromatic carbocycles. The Hall–Kier alpha value is -2.41. The standard InChI is InChI=1S/C14H16N4O2S/c1-8(19)12-11(15)10(13(20)16-2)14(21-12)18-7-9-3-5-17-6-4-9/h3-6,18H,7,15H2,1-2H3,(H,16,20). The Labute approximate surface area is 126 Å². The van der Waals surface area contributed by atoms with E-state index in [-0.39, 0.29) is 17.4 Å². The molecule has 0 aliphatic rings. The number of hydrogen-bond donors (Lipinski definition) is 3. The molecule has 7 heteroatoms. The predicted octanol–water partition coefficient (Wildman–Crippen LogP) is 1.90. The molecule has 21 heavy (non-hydrogen) atoms. The fourth-order valence-electron chi connectivity index (χ4n) is 1.86. The van der Waals surface area contributed by atoms with Crippen LogP contribution in [0, 0.1) is 0 Å². The maximum absolute atomic E-state index is 12.0. The lowest BCUT2D eigenvalue weighted by molar-refractivity contribution is 0.0965. The molecule has 0 atom stereocenters. The molecule has 4 N–H and O–H groups in total. The molecule has 2 aromatic rings. The third-order valence-electron chi connectivity index (χ3n) is 2.92. The highest BCUT2D eigenvalue weighted by Gasteiger charge is 2.23. The number of aromatic nitrogens is 1. The van der Waals surface area contributed by atoms with Crippen molar-refractivity contribution in [1.82, 2.24) is 10.3 Å². The Morgan fingerprint density at radius 2 is 2.00 bits per heavy atom. The molecule has 6 nitrogen and oxygen atoms in total. The average molecular weight is 304 g/mol. The summed E-state index contributed by atoms with van der Waals surface area (Å²) in [6.45, 7) is 1.95. The fourth-order valence-corrected chi connectivity index (χ4v) is 2.87. The lowest BCUT2D eigenvalue weighted by atomic mass is 10.2. The van der Waals surface area contributed by atoms with Crippen molar-refractivity contribution in [2.24, 2.45) is 0 Å². The van der Waals surface area contributed by atoms with Crippen LogP contribution in [0.4, 0.5) is 10.7 Å². The summed E-state index contributed by atoms with van der Waals surface area (Å²) < 4.78 is 0. The van der Waals surface area contributed by atoms with E-state index in [4.69, 9.17) is 5.73 Å². The number of Topliss-reactive ketones (excluding diaryl/α,β-unsaturated/α-hetero) is 1. The molecule has 0 spiro atoms. The second-order valence-corrected chi connectivity index (χ2v) is 5.41. The van der Waals surface area contributed by atoms with Gasteiger partial charge < -0.3 is 16.4 Å². The van der Waals surface area contributed by atoms with Crippen LogP contribution in [-0.2, 0) is 6.54 Å². The number of nitrogens with one attached hydrogen (secondary N) is 2. The van der Waals surface area contributed by atoms with Crippen LogP contribution in [0.15, 0.2) is 24.5 Å². The molecule has 2 aromatic heterocycles. The first-order valence-corrected chi connectivity index (χ1v) is 7.14. The maximum atomic E-state index is 12.0. The molecule has 0 saturated carbocycles. The van der Waals surface area contributed by atoms with E-state index in [0.29, 0.717) is 22.0 Å². The Morgan fingerprint density at radius 1 is 1.33 bits per heavy atom. The Morgan fingerprint density at radius 3 is 2.57 bits per heavy atom. The second kappa shape index (κ2) is 6.36. The number of carbonyl (C=O) groups excluding carboxylic acids is 2. The molecule has 2 heterocycles. The summed E-state index contributed by atoms with van der Waals surface area (Å²) in [4.78, 5) is 27.9. The normalized spacial score (nSPS) is 10.2. The summed E-state index contributed by atoms with van der Waals surface area (Å²) in [5.74, 6) is -0.465. The Kier molecular flexibility index (Phi) is 4.54. The van der Waals surface area contributed by atoms with Gasteiger partial charge in [0.2, 0.25) is 0 Å². The van der Waals surface area contributed by atoms with Crippen LogP contribution in [0.5, 0.6) is 0 Å². The first kappa shape index (κ1) is 15.0. The summed E-state index contributed by atoms with van der Waals surface area (Å²) in [5.41, 5.74) is 7.49. The number of nitrogens with zero attached hydrogens (tertiary/aromatic N) is 1. The topological polar surface area (TPSA) is 97.1 Å². The van der Waals surface area contributed by atoms with Gasteiger partial charge in [0, 0.05) is 32.9 Å². The van der Waals surface area contributed by atoms with Crippen LogP contribution in [-0.4, -0.2) is 23.7 Å². The molecule has 0 unspecified atom stereocenters. The van der Waals surface area contributed by atoms with Gasteiger partial charge in [-0.25, -0.2) is 0 Å². The van der Waals surface area contributed by atoms with Crippen molar-refractivity contribution in [2.75, 3.05) is 18.1 Å². The molecule has 0 bridgehead atoms. The number of ketones is 1. The molecule has 0 radical (unpaired) electrons.